The number of nitrogens with zero attached hydrogens (tertiary/aromatic N) is 1. The SMILES string of the molecule is CN=C(NCCCCC(C)C)Nc1ccc(OC)c(OC)c1.I. The van der Waals surface area contributed by atoms with Crippen molar-refractivity contribution in [3.05, 3.63) is 18.2 Å². The van der Waals surface area contributed by atoms with Gasteiger partial charge in [0.05, 0.1) is 14.2 Å². The summed E-state index contributed by atoms with van der Waals surface area (Å²) in [4.78, 5) is 4.24. The number of benzene rings is 1. The molecule has 0 spiro atoms. The summed E-state index contributed by atoms with van der Waals surface area (Å²) in [5.41, 5.74) is 0.910. The van der Waals surface area contributed by atoms with Crippen LogP contribution in [-0.4, -0.2) is 33.8 Å². The number of nitrogens with one attached hydrogen (secondary N) is 2. The van der Waals surface area contributed by atoms with Crippen molar-refractivity contribution < 1.29 is 9.47 Å². The molecule has 0 unspecified atom stereocenters. The van der Waals surface area contributed by atoms with Crippen LogP contribution in [0.2, 0.25) is 0 Å². The van der Waals surface area contributed by atoms with E-state index in [4.69, 9.17) is 9.47 Å². The summed E-state index contributed by atoms with van der Waals surface area (Å²) in [6, 6.07) is 5.70. The zero-order valence-corrected chi connectivity index (χ0v) is 17.1. The smallest absolute Gasteiger partial charge is 0.195 e. The van der Waals surface area contributed by atoms with E-state index in [1.54, 1.807) is 21.3 Å². The topological polar surface area (TPSA) is 54.9 Å². The van der Waals surface area contributed by atoms with Crippen LogP contribution in [0.1, 0.15) is 33.1 Å². The number of unbranched alkanes of at least 4 members (excludes halogenated alkanes) is 1. The largest absolute Gasteiger partial charge is 0.493 e. The Morgan fingerprint density at radius 3 is 2.39 bits per heavy atom. The van der Waals surface area contributed by atoms with E-state index < -0.39 is 0 Å². The Balaban J connectivity index is 0.00000484. The molecule has 1 rings (SSSR count). The van der Waals surface area contributed by atoms with Crippen LogP contribution in [0.25, 0.3) is 0 Å². The Kier molecular flexibility index (Phi) is 11.6. The second-order valence-corrected chi connectivity index (χ2v) is 5.58. The first-order valence-electron chi connectivity index (χ1n) is 7.80. The Bertz CT molecular complexity index is 479. The van der Waals surface area contributed by atoms with E-state index in [0.29, 0.717) is 11.5 Å². The lowest BCUT2D eigenvalue weighted by molar-refractivity contribution is 0.355. The average molecular weight is 435 g/mol. The number of guanidine groups is 1. The molecule has 132 valence electrons. The standard InChI is InChI=1S/C17H29N3O2.HI/c1-13(2)8-6-7-11-19-17(18-3)20-14-9-10-15(21-4)16(12-14)22-5;/h9-10,12-13H,6-8,11H2,1-5H3,(H2,18,19,20);1H. The number of methoxy groups -OCH3 is 2. The molecule has 0 saturated carbocycles. The van der Waals surface area contributed by atoms with Gasteiger partial charge in [0.25, 0.3) is 0 Å². The van der Waals surface area contributed by atoms with Crippen molar-refractivity contribution in [3.63, 3.8) is 0 Å². The molecule has 0 fully saturated rings. The van der Waals surface area contributed by atoms with Gasteiger partial charge in [0.1, 0.15) is 0 Å². The van der Waals surface area contributed by atoms with Crippen LogP contribution in [0.3, 0.4) is 0 Å². The van der Waals surface area contributed by atoms with Crippen LogP contribution in [0.4, 0.5) is 5.69 Å². The number of hydrogen-bond acceptors (Lipinski definition) is 3. The molecule has 1 aromatic rings. The number of aliphatic imine (C=N–C) groups is 1. The van der Waals surface area contributed by atoms with Gasteiger partial charge >= 0.3 is 0 Å². The van der Waals surface area contributed by atoms with Gasteiger partial charge in [0, 0.05) is 25.3 Å². The molecule has 0 aromatic heterocycles. The van der Waals surface area contributed by atoms with Gasteiger partial charge in [-0.15, -0.1) is 24.0 Å². The summed E-state index contributed by atoms with van der Waals surface area (Å²) in [6.45, 7) is 5.43. The maximum Gasteiger partial charge on any atom is 0.195 e. The van der Waals surface area contributed by atoms with Gasteiger partial charge in [-0.1, -0.05) is 26.7 Å². The first-order chi connectivity index (χ1) is 10.6. The molecule has 0 heterocycles. The third kappa shape index (κ3) is 8.29. The Morgan fingerprint density at radius 1 is 1.13 bits per heavy atom. The second-order valence-electron chi connectivity index (χ2n) is 5.58. The molecule has 6 heteroatoms. The number of hydrogen-bond donors (Lipinski definition) is 2. The molecule has 5 nitrogen and oxygen atoms in total. The highest BCUT2D eigenvalue weighted by Crippen LogP contribution is 2.29. The van der Waals surface area contributed by atoms with Crippen LogP contribution in [0, 0.1) is 5.92 Å². The Hall–Kier alpha value is -1.18. The molecular formula is C17H30IN3O2. The summed E-state index contributed by atoms with van der Waals surface area (Å²) in [7, 11) is 5.02. The van der Waals surface area contributed by atoms with Crippen LogP contribution in [0.15, 0.2) is 23.2 Å². The first-order valence-corrected chi connectivity index (χ1v) is 7.80. The fourth-order valence-corrected chi connectivity index (χ4v) is 2.11. The molecular weight excluding hydrogens is 405 g/mol. The lowest BCUT2D eigenvalue weighted by Gasteiger charge is -2.14. The number of halogens is 1. The van der Waals surface area contributed by atoms with Gasteiger partial charge in [0.2, 0.25) is 0 Å². The third-order valence-corrected chi connectivity index (χ3v) is 3.37. The summed E-state index contributed by atoms with van der Waals surface area (Å²) in [6.07, 6.45) is 3.65. The highest BCUT2D eigenvalue weighted by molar-refractivity contribution is 14.0. The molecule has 0 amide bonds. The van der Waals surface area contributed by atoms with Gasteiger partial charge < -0.3 is 20.1 Å². The van der Waals surface area contributed by atoms with Crippen molar-refractivity contribution in [2.24, 2.45) is 10.9 Å². The van der Waals surface area contributed by atoms with Crippen molar-refractivity contribution in [1.82, 2.24) is 5.32 Å². The highest BCUT2D eigenvalue weighted by Gasteiger charge is 2.06. The molecule has 0 bridgehead atoms. The van der Waals surface area contributed by atoms with Crippen LogP contribution in [0.5, 0.6) is 11.5 Å². The van der Waals surface area contributed by atoms with E-state index in [1.165, 1.54) is 12.8 Å². The average Bonchev–Trinajstić information content (AvgIpc) is 2.52. The van der Waals surface area contributed by atoms with E-state index in [9.17, 15) is 0 Å². The molecule has 0 atom stereocenters. The molecule has 0 aliphatic heterocycles. The molecule has 1 aromatic carbocycles. The fraction of sp³-hybridized carbons (Fsp3) is 0.588. The summed E-state index contributed by atoms with van der Waals surface area (Å²) in [5, 5.41) is 6.58. The summed E-state index contributed by atoms with van der Waals surface area (Å²) >= 11 is 0. The predicted octanol–water partition coefficient (Wildman–Crippen LogP) is 4.14. The minimum absolute atomic E-state index is 0. The highest BCUT2D eigenvalue weighted by atomic mass is 127. The molecule has 23 heavy (non-hydrogen) atoms. The van der Waals surface area contributed by atoms with E-state index >= 15 is 0 Å². The van der Waals surface area contributed by atoms with Crippen LogP contribution < -0.4 is 20.1 Å². The lowest BCUT2D eigenvalue weighted by atomic mass is 10.1. The molecule has 0 saturated heterocycles. The van der Waals surface area contributed by atoms with E-state index in [0.717, 1.165) is 30.5 Å². The normalized spacial score (nSPS) is 11.0. The second kappa shape index (κ2) is 12.3. The van der Waals surface area contributed by atoms with Crippen LogP contribution in [-0.2, 0) is 0 Å². The van der Waals surface area contributed by atoms with Gasteiger partial charge in [-0.05, 0) is 24.5 Å². The molecule has 0 aliphatic carbocycles. The summed E-state index contributed by atoms with van der Waals surface area (Å²) < 4.78 is 10.5. The van der Waals surface area contributed by atoms with Crippen molar-refractivity contribution in [2.75, 3.05) is 33.1 Å². The quantitative estimate of drug-likeness (QED) is 0.279. The molecule has 0 radical (unpaired) electrons. The Morgan fingerprint density at radius 2 is 1.83 bits per heavy atom. The minimum atomic E-state index is 0. The maximum absolute atomic E-state index is 5.30. The molecule has 2 N–H and O–H groups in total. The van der Waals surface area contributed by atoms with Gasteiger partial charge in [-0.25, -0.2) is 0 Å². The van der Waals surface area contributed by atoms with Crippen molar-refractivity contribution in [3.8, 4) is 11.5 Å². The van der Waals surface area contributed by atoms with E-state index in [-0.39, 0.29) is 24.0 Å². The maximum atomic E-state index is 5.30. The van der Waals surface area contributed by atoms with Gasteiger partial charge in [-0.2, -0.15) is 0 Å². The van der Waals surface area contributed by atoms with Gasteiger partial charge in [0.15, 0.2) is 17.5 Å². The van der Waals surface area contributed by atoms with Gasteiger partial charge in [-0.3, -0.25) is 4.99 Å². The van der Waals surface area contributed by atoms with Crippen LogP contribution >= 0.6 is 24.0 Å². The lowest BCUT2D eigenvalue weighted by Crippen LogP contribution is -2.31. The van der Waals surface area contributed by atoms with Crippen molar-refractivity contribution in [1.29, 1.82) is 0 Å². The fourth-order valence-electron chi connectivity index (χ4n) is 2.11. The minimum Gasteiger partial charge on any atom is -0.493 e. The van der Waals surface area contributed by atoms with Crippen molar-refractivity contribution in [2.45, 2.75) is 33.1 Å². The first kappa shape index (κ1) is 21.8. The zero-order valence-electron chi connectivity index (χ0n) is 14.8. The monoisotopic (exact) mass is 435 g/mol. The number of anilines is 1. The van der Waals surface area contributed by atoms with E-state index in [2.05, 4.69) is 29.5 Å². The number of ether oxygens (including phenoxy) is 2. The molecule has 0 aliphatic rings. The predicted molar refractivity (Wildman–Crippen MR) is 109 cm³/mol. The number of rotatable bonds is 8. The van der Waals surface area contributed by atoms with E-state index in [1.807, 2.05) is 18.2 Å². The Labute approximate surface area is 157 Å². The summed E-state index contributed by atoms with van der Waals surface area (Å²) in [5.74, 6) is 2.94. The third-order valence-electron chi connectivity index (χ3n) is 3.37. The zero-order chi connectivity index (χ0) is 16.4. The van der Waals surface area contributed by atoms with Crippen molar-refractivity contribution >= 4 is 35.6 Å².